The third-order valence-corrected chi connectivity index (χ3v) is 3.54. The van der Waals surface area contributed by atoms with Crippen LogP contribution in [-0.2, 0) is 9.53 Å². The van der Waals surface area contributed by atoms with Gasteiger partial charge in [-0.15, -0.1) is 0 Å². The van der Waals surface area contributed by atoms with E-state index in [1.54, 1.807) is 17.0 Å². The average molecular weight is 300 g/mol. The molecule has 1 heterocycles. The maximum Gasteiger partial charge on any atom is 0.266 e. The highest BCUT2D eigenvalue weighted by Gasteiger charge is 2.33. The van der Waals surface area contributed by atoms with Crippen LogP contribution < -0.4 is 4.90 Å². The molecule has 1 amide bonds. The summed E-state index contributed by atoms with van der Waals surface area (Å²) >= 11 is 6.04. The average Bonchev–Trinajstić information content (AvgIpc) is 2.77. The molecular formula is C17H14ClNO2. The SMILES string of the molecule is CCO/C=C1\C(=O)N(c2cccc(Cl)c2)c2ccccc21. The van der Waals surface area contributed by atoms with E-state index in [0.717, 1.165) is 16.9 Å². The molecule has 21 heavy (non-hydrogen) atoms. The van der Waals surface area contributed by atoms with Gasteiger partial charge in [0.15, 0.2) is 0 Å². The van der Waals surface area contributed by atoms with Crippen molar-refractivity contribution in [2.75, 3.05) is 11.5 Å². The van der Waals surface area contributed by atoms with Gasteiger partial charge < -0.3 is 4.74 Å². The van der Waals surface area contributed by atoms with Crippen LogP contribution in [0.1, 0.15) is 12.5 Å². The Bertz CT molecular complexity index is 724. The number of para-hydroxylation sites is 1. The van der Waals surface area contributed by atoms with E-state index in [-0.39, 0.29) is 5.91 Å². The summed E-state index contributed by atoms with van der Waals surface area (Å²) in [7, 11) is 0. The van der Waals surface area contributed by atoms with Gasteiger partial charge in [0.1, 0.15) is 0 Å². The molecule has 3 nitrogen and oxygen atoms in total. The fourth-order valence-electron chi connectivity index (χ4n) is 2.39. The van der Waals surface area contributed by atoms with E-state index in [1.165, 1.54) is 6.26 Å². The normalized spacial score (nSPS) is 15.4. The Hall–Kier alpha value is -2.26. The van der Waals surface area contributed by atoms with Crippen LogP contribution in [0.3, 0.4) is 0 Å². The zero-order chi connectivity index (χ0) is 14.8. The fourth-order valence-corrected chi connectivity index (χ4v) is 2.58. The Labute approximate surface area is 128 Å². The molecule has 1 aliphatic rings. The molecule has 0 aliphatic carbocycles. The Morgan fingerprint density at radius 1 is 1.19 bits per heavy atom. The summed E-state index contributed by atoms with van der Waals surface area (Å²) in [6.07, 6.45) is 1.53. The first-order valence-electron chi connectivity index (χ1n) is 6.73. The molecule has 4 heteroatoms. The first-order valence-corrected chi connectivity index (χ1v) is 7.11. The molecule has 0 unspecified atom stereocenters. The van der Waals surface area contributed by atoms with Gasteiger partial charge >= 0.3 is 0 Å². The lowest BCUT2D eigenvalue weighted by Crippen LogP contribution is -2.20. The van der Waals surface area contributed by atoms with Gasteiger partial charge in [0, 0.05) is 10.6 Å². The molecule has 1 aliphatic heterocycles. The van der Waals surface area contributed by atoms with E-state index in [1.807, 2.05) is 43.3 Å². The molecule has 0 aromatic heterocycles. The molecule has 2 aromatic carbocycles. The lowest BCUT2D eigenvalue weighted by molar-refractivity contribution is -0.112. The van der Waals surface area contributed by atoms with Gasteiger partial charge in [0.2, 0.25) is 0 Å². The van der Waals surface area contributed by atoms with E-state index >= 15 is 0 Å². The molecule has 0 bridgehead atoms. The lowest BCUT2D eigenvalue weighted by atomic mass is 10.1. The number of nitrogens with zero attached hydrogens (tertiary/aromatic N) is 1. The Morgan fingerprint density at radius 3 is 2.76 bits per heavy atom. The smallest absolute Gasteiger partial charge is 0.266 e. The minimum Gasteiger partial charge on any atom is -0.501 e. The highest BCUT2D eigenvalue weighted by atomic mass is 35.5. The summed E-state index contributed by atoms with van der Waals surface area (Å²) in [6, 6.07) is 14.9. The number of ether oxygens (including phenoxy) is 1. The van der Waals surface area contributed by atoms with Crippen molar-refractivity contribution < 1.29 is 9.53 Å². The molecule has 3 rings (SSSR count). The van der Waals surface area contributed by atoms with Crippen molar-refractivity contribution in [3.05, 3.63) is 65.4 Å². The first kappa shape index (κ1) is 13.7. The molecular weight excluding hydrogens is 286 g/mol. The topological polar surface area (TPSA) is 29.5 Å². The van der Waals surface area contributed by atoms with Crippen molar-refractivity contribution in [2.45, 2.75) is 6.92 Å². The van der Waals surface area contributed by atoms with Crippen LogP contribution >= 0.6 is 11.6 Å². The molecule has 2 aromatic rings. The summed E-state index contributed by atoms with van der Waals surface area (Å²) in [5, 5.41) is 0.597. The number of carbonyl (C=O) groups is 1. The number of rotatable bonds is 3. The predicted molar refractivity (Wildman–Crippen MR) is 84.6 cm³/mol. The van der Waals surface area contributed by atoms with E-state index < -0.39 is 0 Å². The standard InChI is InChI=1S/C17H14ClNO2/c1-2-21-11-15-14-8-3-4-9-16(14)19(17(15)20)13-7-5-6-12(18)10-13/h3-11H,2H2,1H3/b15-11-. The molecule has 0 saturated carbocycles. The number of fused-ring (bicyclic) bond motifs is 1. The van der Waals surface area contributed by atoms with E-state index in [2.05, 4.69) is 0 Å². The number of carbonyl (C=O) groups excluding carboxylic acids is 1. The lowest BCUT2D eigenvalue weighted by Gasteiger charge is -2.17. The van der Waals surface area contributed by atoms with Crippen molar-refractivity contribution >= 4 is 34.5 Å². The summed E-state index contributed by atoms with van der Waals surface area (Å²) in [5.74, 6) is -0.105. The summed E-state index contributed by atoms with van der Waals surface area (Å²) < 4.78 is 5.32. The van der Waals surface area contributed by atoms with Crippen LogP contribution in [-0.4, -0.2) is 12.5 Å². The van der Waals surface area contributed by atoms with Crippen LogP contribution in [0.15, 0.2) is 54.8 Å². The highest BCUT2D eigenvalue weighted by molar-refractivity contribution is 6.35. The largest absolute Gasteiger partial charge is 0.501 e. The maximum absolute atomic E-state index is 12.7. The minimum absolute atomic E-state index is 0.105. The molecule has 0 saturated heterocycles. The van der Waals surface area contributed by atoms with Gasteiger partial charge in [-0.1, -0.05) is 35.9 Å². The number of anilines is 2. The van der Waals surface area contributed by atoms with Crippen molar-refractivity contribution in [3.63, 3.8) is 0 Å². The second-order valence-electron chi connectivity index (χ2n) is 4.62. The molecule has 0 fully saturated rings. The van der Waals surface area contributed by atoms with Crippen LogP contribution in [0, 0.1) is 0 Å². The molecule has 0 radical (unpaired) electrons. The number of hydrogen-bond donors (Lipinski definition) is 0. The molecule has 0 atom stereocenters. The second kappa shape index (κ2) is 5.62. The van der Waals surface area contributed by atoms with Gasteiger partial charge in [0.05, 0.1) is 29.8 Å². The Kier molecular flexibility index (Phi) is 3.67. The number of halogens is 1. The summed E-state index contributed by atoms with van der Waals surface area (Å²) in [5.41, 5.74) is 3.03. The van der Waals surface area contributed by atoms with Crippen molar-refractivity contribution in [3.8, 4) is 0 Å². The van der Waals surface area contributed by atoms with Crippen LogP contribution in [0.2, 0.25) is 5.02 Å². The monoisotopic (exact) mass is 299 g/mol. The second-order valence-corrected chi connectivity index (χ2v) is 5.06. The first-order chi connectivity index (χ1) is 10.2. The van der Waals surface area contributed by atoms with Gasteiger partial charge in [0.25, 0.3) is 5.91 Å². The van der Waals surface area contributed by atoms with E-state index in [0.29, 0.717) is 17.2 Å². The summed E-state index contributed by atoms with van der Waals surface area (Å²) in [4.78, 5) is 14.4. The third-order valence-electron chi connectivity index (χ3n) is 3.30. The van der Waals surface area contributed by atoms with Gasteiger partial charge in [-0.2, -0.15) is 0 Å². The van der Waals surface area contributed by atoms with Gasteiger partial charge in [-0.3, -0.25) is 9.69 Å². The fraction of sp³-hybridized carbons (Fsp3) is 0.118. The molecule has 106 valence electrons. The highest BCUT2D eigenvalue weighted by Crippen LogP contribution is 2.41. The van der Waals surface area contributed by atoms with E-state index in [9.17, 15) is 4.79 Å². The third kappa shape index (κ3) is 2.41. The molecule has 0 N–H and O–H groups in total. The number of benzene rings is 2. The van der Waals surface area contributed by atoms with Gasteiger partial charge in [-0.25, -0.2) is 0 Å². The zero-order valence-electron chi connectivity index (χ0n) is 11.5. The van der Waals surface area contributed by atoms with Crippen LogP contribution in [0.25, 0.3) is 5.57 Å². The van der Waals surface area contributed by atoms with Crippen molar-refractivity contribution in [1.29, 1.82) is 0 Å². The van der Waals surface area contributed by atoms with Crippen molar-refractivity contribution in [2.24, 2.45) is 0 Å². The van der Waals surface area contributed by atoms with Crippen molar-refractivity contribution in [1.82, 2.24) is 0 Å². The quantitative estimate of drug-likeness (QED) is 0.621. The predicted octanol–water partition coefficient (Wildman–Crippen LogP) is 4.40. The minimum atomic E-state index is -0.105. The Morgan fingerprint density at radius 2 is 2.00 bits per heavy atom. The number of amides is 1. The van der Waals surface area contributed by atoms with Gasteiger partial charge in [-0.05, 0) is 31.2 Å². The summed E-state index contributed by atoms with van der Waals surface area (Å²) in [6.45, 7) is 2.41. The maximum atomic E-state index is 12.7. The Balaban J connectivity index is 2.13. The van der Waals surface area contributed by atoms with Crippen LogP contribution in [0.4, 0.5) is 11.4 Å². The number of hydrogen-bond acceptors (Lipinski definition) is 2. The van der Waals surface area contributed by atoms with E-state index in [4.69, 9.17) is 16.3 Å². The van der Waals surface area contributed by atoms with Crippen LogP contribution in [0.5, 0.6) is 0 Å². The zero-order valence-corrected chi connectivity index (χ0v) is 12.3. The molecule has 0 spiro atoms.